The molecule has 0 bridgehead atoms. The van der Waals surface area contributed by atoms with Crippen molar-refractivity contribution in [2.24, 2.45) is 17.8 Å². The lowest BCUT2D eigenvalue weighted by molar-refractivity contribution is -0.163. The van der Waals surface area contributed by atoms with Crippen LogP contribution in [0.2, 0.25) is 0 Å². The van der Waals surface area contributed by atoms with E-state index < -0.39 is 46.6 Å². The number of aliphatic hydroxyl groups is 1. The fourth-order valence-corrected chi connectivity index (χ4v) is 6.01. The molecule has 0 aromatic heterocycles. The number of cyclic esters (lactones) is 1. The molecule has 1 N–H and O–H groups in total. The summed E-state index contributed by atoms with van der Waals surface area (Å²) in [6, 6.07) is -1.57. The second-order valence-electron chi connectivity index (χ2n) is 11.1. The molecule has 1 unspecified atom stereocenters. The Kier molecular flexibility index (Phi) is 5.77. The first-order chi connectivity index (χ1) is 15.4. The fourth-order valence-electron chi connectivity index (χ4n) is 6.01. The van der Waals surface area contributed by atoms with E-state index in [2.05, 4.69) is 0 Å². The Morgan fingerprint density at radius 1 is 1.12 bits per heavy atom. The van der Waals surface area contributed by atoms with E-state index in [4.69, 9.17) is 9.47 Å². The van der Waals surface area contributed by atoms with Gasteiger partial charge in [-0.15, -0.1) is 0 Å². The van der Waals surface area contributed by atoms with Crippen molar-refractivity contribution < 1.29 is 29.0 Å². The normalized spacial score (nSPS) is 37.3. The number of nitrogens with zero attached hydrogens (tertiary/aromatic N) is 2. The second-order valence-corrected chi connectivity index (χ2v) is 11.1. The molecule has 8 heteroatoms. The summed E-state index contributed by atoms with van der Waals surface area (Å²) >= 11 is 0. The van der Waals surface area contributed by atoms with Crippen LogP contribution >= 0.6 is 0 Å². The van der Waals surface area contributed by atoms with Gasteiger partial charge in [-0.2, -0.15) is 0 Å². The van der Waals surface area contributed by atoms with Crippen LogP contribution in [0.25, 0.3) is 0 Å². The number of hydrogen-bond donors (Lipinski definition) is 1. The Morgan fingerprint density at radius 2 is 1.82 bits per heavy atom. The number of rotatable bonds is 3. The van der Waals surface area contributed by atoms with E-state index in [0.29, 0.717) is 13.0 Å². The molecule has 6 atom stereocenters. The van der Waals surface area contributed by atoms with E-state index in [-0.39, 0.29) is 30.9 Å². The van der Waals surface area contributed by atoms with Crippen molar-refractivity contribution in [1.29, 1.82) is 0 Å². The fraction of sp³-hybridized carbons (Fsp3) is 0.720. The molecule has 4 aliphatic rings. The minimum atomic E-state index is -1.33. The largest absolute Gasteiger partial charge is 0.465 e. The summed E-state index contributed by atoms with van der Waals surface area (Å²) in [4.78, 5) is 44.7. The summed E-state index contributed by atoms with van der Waals surface area (Å²) in [5.41, 5.74) is -2.91. The highest BCUT2D eigenvalue weighted by atomic mass is 16.6. The molecule has 2 fully saturated rings. The highest BCUT2D eigenvalue weighted by Gasteiger charge is 2.75. The topological polar surface area (TPSA) is 96.4 Å². The minimum Gasteiger partial charge on any atom is -0.465 e. The number of amides is 2. The number of ether oxygens (including phenoxy) is 2. The Morgan fingerprint density at radius 3 is 2.42 bits per heavy atom. The van der Waals surface area contributed by atoms with Gasteiger partial charge in [0.2, 0.25) is 11.8 Å². The first-order valence-corrected chi connectivity index (χ1v) is 11.9. The van der Waals surface area contributed by atoms with Crippen LogP contribution in [0.5, 0.6) is 0 Å². The van der Waals surface area contributed by atoms with E-state index in [1.807, 2.05) is 58.9 Å². The maximum absolute atomic E-state index is 14.1. The molecule has 4 rings (SSSR count). The van der Waals surface area contributed by atoms with Crippen LogP contribution in [0.3, 0.4) is 0 Å². The maximum Gasteiger partial charge on any atom is 0.313 e. The van der Waals surface area contributed by atoms with Gasteiger partial charge in [-0.05, 0) is 40.0 Å². The van der Waals surface area contributed by atoms with Crippen LogP contribution < -0.4 is 0 Å². The molecule has 2 saturated heterocycles. The average Bonchev–Trinajstić information content (AvgIpc) is 3.01. The lowest BCUT2D eigenvalue weighted by atomic mass is 9.74. The summed E-state index contributed by atoms with van der Waals surface area (Å²) in [5, 5.41) is 10.2. The Balaban J connectivity index is 1.94. The molecule has 0 aromatic rings. The van der Waals surface area contributed by atoms with Gasteiger partial charge in [-0.3, -0.25) is 14.4 Å². The number of carbonyl (C=O) groups is 3. The van der Waals surface area contributed by atoms with Crippen molar-refractivity contribution in [1.82, 2.24) is 9.80 Å². The number of aliphatic hydroxyl groups excluding tert-OH is 1. The molecule has 0 saturated carbocycles. The molecular formula is C25H36N2O6. The zero-order valence-electron chi connectivity index (χ0n) is 20.4. The highest BCUT2D eigenvalue weighted by molar-refractivity contribution is 5.99. The number of likely N-dealkylation sites (tertiary alicyclic amines) is 1. The van der Waals surface area contributed by atoms with Gasteiger partial charge in [-0.1, -0.05) is 38.2 Å². The minimum absolute atomic E-state index is 0.103. The predicted octanol–water partition coefficient (Wildman–Crippen LogP) is 1.67. The van der Waals surface area contributed by atoms with Crippen LogP contribution in [-0.2, 0) is 23.9 Å². The van der Waals surface area contributed by atoms with Gasteiger partial charge < -0.3 is 24.4 Å². The van der Waals surface area contributed by atoms with E-state index >= 15 is 0 Å². The zero-order chi connectivity index (χ0) is 24.3. The van der Waals surface area contributed by atoms with Crippen LogP contribution in [0.15, 0.2) is 24.3 Å². The monoisotopic (exact) mass is 460 g/mol. The number of carbonyl (C=O) groups excluding carboxylic acids is 3. The van der Waals surface area contributed by atoms with Crippen LogP contribution in [-0.4, -0.2) is 81.3 Å². The van der Waals surface area contributed by atoms with Crippen LogP contribution in [0.1, 0.15) is 48.0 Å². The Labute approximate surface area is 195 Å². The third kappa shape index (κ3) is 3.44. The van der Waals surface area contributed by atoms with E-state index in [1.165, 1.54) is 4.90 Å². The third-order valence-electron chi connectivity index (χ3n) is 7.58. The van der Waals surface area contributed by atoms with Crippen molar-refractivity contribution in [2.75, 3.05) is 19.8 Å². The molecule has 1 spiro atoms. The molecule has 0 radical (unpaired) electrons. The number of hydrogen-bond acceptors (Lipinski definition) is 6. The zero-order valence-corrected chi connectivity index (χ0v) is 20.4. The van der Waals surface area contributed by atoms with Gasteiger partial charge >= 0.3 is 5.97 Å². The maximum atomic E-state index is 14.1. The SMILES string of the molecule is CC(C)[C@H](CO)N1C(=O)[C@@H]2[C@H]3C(=O)OCCC=C[C@@]3(C)O[C@@]23C=CCN(C(C)(C)C)C(=O)C13. The standard InChI is InChI=1S/C25H36N2O6/c1-15(2)16(14-28)27-19-21(30)26(23(3,4)5)12-9-11-25(19)17(20(27)29)18-22(31)32-13-8-7-10-24(18,6)33-25/h7,9-11,15-19,28H,8,12-14H2,1-6H3/t16-,17-,18-,19?,24+,25-/m0/s1. The van der Waals surface area contributed by atoms with Gasteiger partial charge in [0.05, 0.1) is 30.8 Å². The van der Waals surface area contributed by atoms with Crippen molar-refractivity contribution in [3.63, 3.8) is 0 Å². The Bertz CT molecular complexity index is 905. The van der Waals surface area contributed by atoms with Crippen molar-refractivity contribution in [3.05, 3.63) is 24.3 Å². The number of fused-ring (bicyclic) bond motifs is 2. The van der Waals surface area contributed by atoms with Crippen LogP contribution in [0.4, 0.5) is 0 Å². The molecule has 4 heterocycles. The predicted molar refractivity (Wildman–Crippen MR) is 121 cm³/mol. The van der Waals surface area contributed by atoms with Gasteiger partial charge in [0, 0.05) is 12.1 Å². The van der Waals surface area contributed by atoms with E-state index in [9.17, 15) is 19.5 Å². The van der Waals surface area contributed by atoms with Crippen LogP contribution in [0, 0.1) is 17.8 Å². The summed E-state index contributed by atoms with van der Waals surface area (Å²) in [6.45, 7) is 11.8. The summed E-state index contributed by atoms with van der Waals surface area (Å²) < 4.78 is 12.2. The lowest BCUT2D eigenvalue weighted by Gasteiger charge is -2.43. The lowest BCUT2D eigenvalue weighted by Crippen LogP contribution is -2.61. The molecule has 0 aromatic carbocycles. The molecule has 4 aliphatic heterocycles. The average molecular weight is 461 g/mol. The molecule has 182 valence electrons. The smallest absolute Gasteiger partial charge is 0.313 e. The van der Waals surface area contributed by atoms with Gasteiger partial charge in [-0.25, -0.2) is 0 Å². The number of esters is 1. The first-order valence-electron chi connectivity index (χ1n) is 11.9. The summed E-state index contributed by atoms with van der Waals surface area (Å²) in [7, 11) is 0. The van der Waals surface area contributed by atoms with Crippen molar-refractivity contribution in [3.8, 4) is 0 Å². The quantitative estimate of drug-likeness (QED) is 0.509. The third-order valence-corrected chi connectivity index (χ3v) is 7.58. The molecular weight excluding hydrogens is 424 g/mol. The van der Waals surface area contributed by atoms with Crippen molar-refractivity contribution in [2.45, 2.75) is 76.8 Å². The summed E-state index contributed by atoms with van der Waals surface area (Å²) in [6.07, 6.45) is 7.99. The second kappa shape index (κ2) is 7.94. The van der Waals surface area contributed by atoms with Gasteiger partial charge in [0.15, 0.2) is 0 Å². The molecule has 0 aliphatic carbocycles. The van der Waals surface area contributed by atoms with E-state index in [1.54, 1.807) is 11.8 Å². The Hall–Kier alpha value is -2.19. The highest BCUT2D eigenvalue weighted by Crippen LogP contribution is 2.58. The summed E-state index contributed by atoms with van der Waals surface area (Å²) in [5.74, 6) is -2.98. The molecule has 8 nitrogen and oxygen atoms in total. The first kappa shape index (κ1) is 24.0. The van der Waals surface area contributed by atoms with Gasteiger partial charge in [0.1, 0.15) is 17.6 Å². The molecule has 33 heavy (non-hydrogen) atoms. The van der Waals surface area contributed by atoms with Gasteiger partial charge in [0.25, 0.3) is 0 Å². The van der Waals surface area contributed by atoms with Crippen molar-refractivity contribution >= 4 is 17.8 Å². The molecule has 2 amide bonds. The van der Waals surface area contributed by atoms with E-state index in [0.717, 1.165) is 0 Å².